The highest BCUT2D eigenvalue weighted by Gasteiger charge is 2.20. The number of hydrogen-bond donors (Lipinski definition) is 1. The molecular weight excluding hydrogens is 320 g/mol. The smallest absolute Gasteiger partial charge is 0.355 e. The summed E-state index contributed by atoms with van der Waals surface area (Å²) < 4.78 is 1.87. The summed E-state index contributed by atoms with van der Waals surface area (Å²) in [6.45, 7) is 0. The molecule has 2 aromatic carbocycles. The fourth-order valence-corrected chi connectivity index (χ4v) is 2.99. The van der Waals surface area contributed by atoms with E-state index in [1.807, 2.05) is 42.5 Å². The van der Waals surface area contributed by atoms with E-state index >= 15 is 0 Å². The number of aromatic carboxylic acids is 1. The average molecular weight is 331 g/mol. The minimum Gasteiger partial charge on any atom is -0.476 e. The zero-order valence-corrected chi connectivity index (χ0v) is 12.3. The summed E-state index contributed by atoms with van der Waals surface area (Å²) in [5.74, 6) is -1.00. The highest BCUT2D eigenvalue weighted by atomic mass is 79.9. The van der Waals surface area contributed by atoms with E-state index in [0.29, 0.717) is 10.2 Å². The second-order valence-electron chi connectivity index (χ2n) is 4.50. The van der Waals surface area contributed by atoms with E-state index in [4.69, 9.17) is 0 Å². The molecule has 0 spiro atoms. The first-order valence-electron chi connectivity index (χ1n) is 6.03. The minimum atomic E-state index is -1.00. The molecule has 0 fully saturated rings. The third kappa shape index (κ3) is 2.00. The maximum absolute atomic E-state index is 11.2. The molecule has 0 aliphatic carbocycles. The molecule has 0 unspecified atom stereocenters. The third-order valence-electron chi connectivity index (χ3n) is 3.21. The molecule has 1 N–H and O–H groups in total. The van der Waals surface area contributed by atoms with Gasteiger partial charge in [-0.2, -0.15) is 5.10 Å². The van der Waals surface area contributed by atoms with Crippen LogP contribution in [0, 0.1) is 0 Å². The van der Waals surface area contributed by atoms with Crippen LogP contribution in [0.5, 0.6) is 0 Å². The fourth-order valence-electron chi connectivity index (χ4n) is 2.25. The van der Waals surface area contributed by atoms with E-state index < -0.39 is 5.97 Å². The lowest BCUT2D eigenvalue weighted by molar-refractivity contribution is 0.0684. The van der Waals surface area contributed by atoms with Gasteiger partial charge in [-0.25, -0.2) is 4.79 Å². The van der Waals surface area contributed by atoms with Gasteiger partial charge in [-0.1, -0.05) is 36.4 Å². The lowest BCUT2D eigenvalue weighted by atomic mass is 10.1. The minimum absolute atomic E-state index is 0.146. The lowest BCUT2D eigenvalue weighted by Gasteiger charge is -2.01. The normalized spacial score (nSPS) is 10.9. The molecule has 0 saturated heterocycles. The van der Waals surface area contributed by atoms with Gasteiger partial charge in [-0.3, -0.25) is 4.68 Å². The van der Waals surface area contributed by atoms with Gasteiger partial charge in [0.2, 0.25) is 0 Å². The predicted octanol–water partition coefficient (Wildman–Crippen LogP) is 3.70. The first kappa shape index (κ1) is 12.9. The van der Waals surface area contributed by atoms with Crippen molar-refractivity contribution in [2.75, 3.05) is 0 Å². The number of carbonyl (C=O) groups is 1. The molecule has 1 aromatic heterocycles. The van der Waals surface area contributed by atoms with E-state index in [0.717, 1.165) is 16.3 Å². The molecule has 3 aromatic rings. The fraction of sp³-hybridized carbons (Fsp3) is 0.0667. The lowest BCUT2D eigenvalue weighted by Crippen LogP contribution is -2.05. The largest absolute Gasteiger partial charge is 0.476 e. The van der Waals surface area contributed by atoms with Crippen molar-refractivity contribution in [1.29, 1.82) is 0 Å². The maximum atomic E-state index is 11.2. The first-order valence-corrected chi connectivity index (χ1v) is 6.82. The molecule has 5 heteroatoms. The van der Waals surface area contributed by atoms with Crippen LogP contribution in [0.25, 0.3) is 22.0 Å². The summed E-state index contributed by atoms with van der Waals surface area (Å²) in [6.07, 6.45) is 0. The van der Waals surface area contributed by atoms with Crippen molar-refractivity contribution >= 4 is 32.7 Å². The molecule has 4 nitrogen and oxygen atoms in total. The van der Waals surface area contributed by atoms with Crippen LogP contribution in [0.2, 0.25) is 0 Å². The number of benzene rings is 2. The molecule has 20 heavy (non-hydrogen) atoms. The van der Waals surface area contributed by atoms with Gasteiger partial charge in [-0.05, 0) is 32.8 Å². The van der Waals surface area contributed by atoms with Crippen LogP contribution in [-0.4, -0.2) is 20.9 Å². The Morgan fingerprint density at radius 3 is 2.55 bits per heavy atom. The van der Waals surface area contributed by atoms with Crippen molar-refractivity contribution in [3.8, 4) is 11.3 Å². The number of aryl methyl sites for hydroxylation is 1. The van der Waals surface area contributed by atoms with Crippen LogP contribution < -0.4 is 0 Å². The number of carboxylic acid groups (broad SMARTS) is 1. The number of hydrogen-bond acceptors (Lipinski definition) is 2. The first-order chi connectivity index (χ1) is 9.58. The Hall–Kier alpha value is -2.14. The monoisotopic (exact) mass is 330 g/mol. The van der Waals surface area contributed by atoms with Crippen molar-refractivity contribution < 1.29 is 9.90 Å². The Bertz CT molecular complexity index is 824. The molecule has 0 radical (unpaired) electrons. The zero-order chi connectivity index (χ0) is 14.3. The standard InChI is InChI=1S/C15H11BrN2O2/c1-18-14(15(19)20)12(16)13(17-18)11-7-6-9-4-2-3-5-10(9)8-11/h2-8H,1H3,(H,19,20). The summed E-state index contributed by atoms with van der Waals surface area (Å²) in [4.78, 5) is 11.2. The van der Waals surface area contributed by atoms with E-state index in [1.54, 1.807) is 7.05 Å². The Balaban J connectivity index is 2.21. The summed E-state index contributed by atoms with van der Waals surface area (Å²) in [7, 11) is 1.62. The van der Waals surface area contributed by atoms with Gasteiger partial charge in [0.1, 0.15) is 5.69 Å². The van der Waals surface area contributed by atoms with Crippen LogP contribution in [0.3, 0.4) is 0 Å². The molecule has 100 valence electrons. The van der Waals surface area contributed by atoms with E-state index in [9.17, 15) is 9.90 Å². The van der Waals surface area contributed by atoms with Gasteiger partial charge < -0.3 is 5.11 Å². The summed E-state index contributed by atoms with van der Waals surface area (Å²) >= 11 is 3.34. The number of rotatable bonds is 2. The average Bonchev–Trinajstić information content (AvgIpc) is 2.73. The molecule has 0 atom stereocenters. The van der Waals surface area contributed by atoms with Crippen LogP contribution in [0.1, 0.15) is 10.5 Å². The van der Waals surface area contributed by atoms with Gasteiger partial charge in [0, 0.05) is 12.6 Å². The van der Waals surface area contributed by atoms with Gasteiger partial charge in [0.15, 0.2) is 5.69 Å². The summed E-state index contributed by atoms with van der Waals surface area (Å²) in [5, 5.41) is 15.7. The Morgan fingerprint density at radius 1 is 1.20 bits per heavy atom. The van der Waals surface area contributed by atoms with Gasteiger partial charge in [-0.15, -0.1) is 0 Å². The van der Waals surface area contributed by atoms with Crippen LogP contribution in [-0.2, 0) is 7.05 Å². The van der Waals surface area contributed by atoms with Gasteiger partial charge in [0.05, 0.1) is 4.47 Å². The maximum Gasteiger partial charge on any atom is 0.355 e. The van der Waals surface area contributed by atoms with E-state index in [2.05, 4.69) is 21.0 Å². The SMILES string of the molecule is Cn1nc(-c2ccc3ccccc3c2)c(Br)c1C(=O)O. The third-order valence-corrected chi connectivity index (χ3v) is 3.97. The molecule has 1 heterocycles. The van der Waals surface area contributed by atoms with E-state index in [-0.39, 0.29) is 5.69 Å². The molecule has 0 aliphatic rings. The van der Waals surface area contributed by atoms with Crippen molar-refractivity contribution in [2.45, 2.75) is 0 Å². The van der Waals surface area contributed by atoms with Crippen LogP contribution in [0.4, 0.5) is 0 Å². The van der Waals surface area contributed by atoms with Gasteiger partial charge in [0.25, 0.3) is 0 Å². The Kier molecular flexibility index (Phi) is 3.06. The Labute approximate surface area is 123 Å². The second-order valence-corrected chi connectivity index (χ2v) is 5.29. The van der Waals surface area contributed by atoms with Crippen molar-refractivity contribution in [3.63, 3.8) is 0 Å². The predicted molar refractivity (Wildman–Crippen MR) is 80.8 cm³/mol. The molecule has 3 rings (SSSR count). The topological polar surface area (TPSA) is 55.1 Å². The number of fused-ring (bicyclic) bond motifs is 1. The zero-order valence-electron chi connectivity index (χ0n) is 10.7. The van der Waals surface area contributed by atoms with Crippen LogP contribution >= 0.6 is 15.9 Å². The number of carboxylic acids is 1. The highest BCUT2D eigenvalue weighted by Crippen LogP contribution is 2.31. The van der Waals surface area contributed by atoms with E-state index in [1.165, 1.54) is 4.68 Å². The van der Waals surface area contributed by atoms with Crippen molar-refractivity contribution in [1.82, 2.24) is 9.78 Å². The number of halogens is 1. The second kappa shape index (κ2) is 4.76. The molecule has 0 aliphatic heterocycles. The summed E-state index contributed by atoms with van der Waals surface area (Å²) in [5.41, 5.74) is 1.67. The number of nitrogens with zero attached hydrogens (tertiary/aromatic N) is 2. The number of aromatic nitrogens is 2. The molecule has 0 bridgehead atoms. The van der Waals surface area contributed by atoms with Crippen molar-refractivity contribution in [3.05, 3.63) is 52.6 Å². The van der Waals surface area contributed by atoms with Gasteiger partial charge >= 0.3 is 5.97 Å². The highest BCUT2D eigenvalue weighted by molar-refractivity contribution is 9.10. The Morgan fingerprint density at radius 2 is 1.90 bits per heavy atom. The summed E-state index contributed by atoms with van der Waals surface area (Å²) in [6, 6.07) is 14.0. The molecule has 0 saturated carbocycles. The quantitative estimate of drug-likeness (QED) is 0.779. The molecular formula is C15H11BrN2O2. The molecule has 0 amide bonds. The van der Waals surface area contributed by atoms with Crippen LogP contribution in [0.15, 0.2) is 46.9 Å². The van der Waals surface area contributed by atoms with Crippen molar-refractivity contribution in [2.24, 2.45) is 7.05 Å².